The summed E-state index contributed by atoms with van der Waals surface area (Å²) in [6, 6.07) is 0. The van der Waals surface area contributed by atoms with Gasteiger partial charge in [0.25, 0.3) is 0 Å². The van der Waals surface area contributed by atoms with Crippen molar-refractivity contribution >= 4 is 35.8 Å². The molecule has 364 valence electrons. The molecule has 0 spiro atoms. The van der Waals surface area contributed by atoms with E-state index in [-0.39, 0.29) is 77.3 Å². The summed E-state index contributed by atoms with van der Waals surface area (Å²) in [6.07, 6.45) is -2.79. The molecule has 66 heavy (non-hydrogen) atoms. The summed E-state index contributed by atoms with van der Waals surface area (Å²) < 4.78 is 73.6. The van der Waals surface area contributed by atoms with Crippen LogP contribution in [0.3, 0.4) is 0 Å². The standard InChI is InChI=1S/C13H16O6.C12H14O6.C10H14O5.C9H12O5/c1-4-10(14)18-8-5-16-12-9(6-17-11(8)12)19-13(15)7(2)3;1-3-9(13)17-7-5-15-12-8(6-16-11(7)12)18-10(14)4-2;1-5(2)10(12)15-7-4-14-8-6(11)3-13-9(7)8;1-2-7(11)14-6-4-13-8-5(10)3-12-9(6)8/h4,8-9,11-12H,1-2,5-6H2,3H3;3-4,7-8,11-12H,1-2,5-6H2;6-9,11H,1,3-4H2,2H3;2,5-6,8-10H,1,3-4H2. The predicted molar refractivity (Wildman–Crippen MR) is 220 cm³/mol. The molecule has 16 unspecified atom stereocenters. The van der Waals surface area contributed by atoms with E-state index in [1.54, 1.807) is 13.8 Å². The van der Waals surface area contributed by atoms with E-state index in [4.69, 9.17) is 66.3 Å². The maximum Gasteiger partial charge on any atom is 0.333 e. The molecule has 8 fully saturated rings. The highest BCUT2D eigenvalue weighted by atomic mass is 16.7. The number of aliphatic hydroxyl groups is 2. The van der Waals surface area contributed by atoms with Crippen LogP contribution in [-0.2, 0) is 95.1 Å². The minimum Gasteiger partial charge on any atom is -0.454 e. The number of esters is 6. The van der Waals surface area contributed by atoms with E-state index in [1.165, 1.54) is 0 Å². The van der Waals surface area contributed by atoms with Gasteiger partial charge in [-0.05, 0) is 13.8 Å². The Kier molecular flexibility index (Phi) is 18.9. The minimum absolute atomic E-state index is 0.218. The smallest absolute Gasteiger partial charge is 0.333 e. The maximum absolute atomic E-state index is 11.5. The molecule has 8 rings (SSSR count). The van der Waals surface area contributed by atoms with Crippen LogP contribution in [0.15, 0.2) is 74.9 Å². The monoisotopic (exact) mass is 936 g/mol. The third-order valence-electron chi connectivity index (χ3n) is 10.8. The zero-order chi connectivity index (χ0) is 48.2. The maximum atomic E-state index is 11.5. The Bertz CT molecular complexity index is 1810. The lowest BCUT2D eigenvalue weighted by Gasteiger charge is -2.16. The Labute approximate surface area is 379 Å². The summed E-state index contributed by atoms with van der Waals surface area (Å²) >= 11 is 0. The van der Waals surface area contributed by atoms with E-state index >= 15 is 0 Å². The highest BCUT2D eigenvalue weighted by Gasteiger charge is 2.53. The van der Waals surface area contributed by atoms with Gasteiger partial charge in [-0.3, -0.25) is 0 Å². The molecule has 22 nitrogen and oxygen atoms in total. The minimum atomic E-state index is -0.622. The van der Waals surface area contributed by atoms with Crippen molar-refractivity contribution in [3.63, 3.8) is 0 Å². The number of fused-ring (bicyclic) bond motifs is 4. The molecule has 0 amide bonds. The fourth-order valence-corrected chi connectivity index (χ4v) is 7.62. The number of aliphatic hydroxyl groups excluding tert-OH is 2. The van der Waals surface area contributed by atoms with Crippen molar-refractivity contribution in [1.29, 1.82) is 0 Å². The average molecular weight is 937 g/mol. The molecule has 8 heterocycles. The normalized spacial score (nSPS) is 35.9. The van der Waals surface area contributed by atoms with Crippen molar-refractivity contribution < 1.29 is 105 Å². The second-order valence-corrected chi connectivity index (χ2v) is 15.7. The summed E-state index contributed by atoms with van der Waals surface area (Å²) in [7, 11) is 0. The first-order chi connectivity index (χ1) is 31.5. The lowest BCUT2D eigenvalue weighted by molar-refractivity contribution is -0.151. The first-order valence-corrected chi connectivity index (χ1v) is 20.8. The van der Waals surface area contributed by atoms with Gasteiger partial charge >= 0.3 is 35.8 Å². The van der Waals surface area contributed by atoms with Crippen molar-refractivity contribution in [1.82, 2.24) is 0 Å². The molecule has 22 heteroatoms. The van der Waals surface area contributed by atoms with Crippen molar-refractivity contribution in [2.24, 2.45) is 0 Å². The molecule has 8 aliphatic rings. The van der Waals surface area contributed by atoms with Gasteiger partial charge in [-0.25, -0.2) is 28.8 Å². The molecule has 0 aliphatic carbocycles. The number of ether oxygens (including phenoxy) is 14. The molecule has 0 aromatic carbocycles. The number of hydrogen-bond donors (Lipinski definition) is 2. The predicted octanol–water partition coefficient (Wildman–Crippen LogP) is -0.775. The van der Waals surface area contributed by atoms with E-state index < -0.39 is 109 Å². The third kappa shape index (κ3) is 13.1. The van der Waals surface area contributed by atoms with E-state index in [2.05, 4.69) is 39.5 Å². The van der Waals surface area contributed by atoms with Gasteiger partial charge in [-0.15, -0.1) is 0 Å². The highest BCUT2D eigenvalue weighted by molar-refractivity contribution is 5.87. The number of carbonyl (C=O) groups excluding carboxylic acids is 6. The Morgan fingerprint density at radius 2 is 0.576 bits per heavy atom. The van der Waals surface area contributed by atoms with Crippen LogP contribution < -0.4 is 0 Å². The molecular weight excluding hydrogens is 880 g/mol. The zero-order valence-corrected chi connectivity index (χ0v) is 36.5. The number of rotatable bonds is 12. The average Bonchev–Trinajstić information content (AvgIpc) is 4.17. The lowest BCUT2D eigenvalue weighted by atomic mass is 10.1. The fourth-order valence-electron chi connectivity index (χ4n) is 7.62. The van der Waals surface area contributed by atoms with Gasteiger partial charge in [0.05, 0.1) is 52.9 Å². The van der Waals surface area contributed by atoms with E-state index in [1.807, 2.05) is 0 Å². The molecule has 0 saturated carbocycles. The van der Waals surface area contributed by atoms with Gasteiger partial charge < -0.3 is 76.5 Å². The van der Waals surface area contributed by atoms with Gasteiger partial charge in [-0.2, -0.15) is 0 Å². The molecule has 0 radical (unpaired) electrons. The second-order valence-electron chi connectivity index (χ2n) is 15.7. The van der Waals surface area contributed by atoms with Gasteiger partial charge in [0.1, 0.15) is 61.0 Å². The largest absolute Gasteiger partial charge is 0.454 e. The SMILES string of the molecule is C=C(C)C(=O)OC1COC2C(O)COC12.C=CC(=O)OC1COC2C(O)COC12.C=CC(=O)OC1COC2C(OC(=O)C(=C)C)COC12.C=CC(=O)OC1COC2C(OC(=O)C=C)COC12. The van der Waals surface area contributed by atoms with Crippen molar-refractivity contribution in [2.75, 3.05) is 52.9 Å². The van der Waals surface area contributed by atoms with Gasteiger partial charge in [0, 0.05) is 35.5 Å². The molecule has 2 N–H and O–H groups in total. The highest BCUT2D eigenvalue weighted by Crippen LogP contribution is 2.33. The van der Waals surface area contributed by atoms with Crippen LogP contribution in [0.1, 0.15) is 13.8 Å². The first-order valence-electron chi connectivity index (χ1n) is 20.8. The van der Waals surface area contributed by atoms with Crippen LogP contribution in [0, 0.1) is 0 Å². The summed E-state index contributed by atoms with van der Waals surface area (Å²) in [6.45, 7) is 25.3. The zero-order valence-electron chi connectivity index (χ0n) is 36.5. The van der Waals surface area contributed by atoms with Crippen molar-refractivity contribution in [2.45, 2.75) is 112 Å². The van der Waals surface area contributed by atoms with Gasteiger partial charge in [0.15, 0.2) is 36.6 Å². The summed E-state index contributed by atoms with van der Waals surface area (Å²) in [5.41, 5.74) is 0.660. The van der Waals surface area contributed by atoms with Crippen LogP contribution in [0.25, 0.3) is 0 Å². The Balaban J connectivity index is 0.000000166. The quantitative estimate of drug-likeness (QED) is 0.138. The number of hydrogen-bond acceptors (Lipinski definition) is 22. The van der Waals surface area contributed by atoms with Gasteiger partial charge in [-0.1, -0.05) is 39.5 Å². The lowest BCUT2D eigenvalue weighted by Crippen LogP contribution is -2.35. The Morgan fingerprint density at radius 1 is 0.379 bits per heavy atom. The van der Waals surface area contributed by atoms with Crippen LogP contribution in [-0.4, -0.2) is 197 Å². The topological polar surface area (TPSA) is 272 Å². The second kappa shape index (κ2) is 24.1. The van der Waals surface area contributed by atoms with Crippen LogP contribution >= 0.6 is 0 Å². The third-order valence-corrected chi connectivity index (χ3v) is 10.8. The van der Waals surface area contributed by atoms with Crippen LogP contribution in [0.4, 0.5) is 0 Å². The van der Waals surface area contributed by atoms with E-state index in [9.17, 15) is 39.0 Å². The summed E-state index contributed by atoms with van der Waals surface area (Å²) in [4.78, 5) is 67.0. The van der Waals surface area contributed by atoms with Crippen molar-refractivity contribution in [3.05, 3.63) is 74.9 Å². The first kappa shape index (κ1) is 51.8. The molecule has 0 aromatic heterocycles. The summed E-state index contributed by atoms with van der Waals surface area (Å²) in [5.74, 6) is -3.01. The van der Waals surface area contributed by atoms with Crippen LogP contribution in [0.2, 0.25) is 0 Å². The molecule has 8 saturated heterocycles. The van der Waals surface area contributed by atoms with E-state index in [0.29, 0.717) is 11.1 Å². The Hall–Kier alpha value is -5.14. The Morgan fingerprint density at radius 3 is 0.803 bits per heavy atom. The summed E-state index contributed by atoms with van der Waals surface area (Å²) in [5, 5.41) is 18.9. The number of carbonyl (C=O) groups is 6. The molecule has 8 aliphatic heterocycles. The fraction of sp³-hybridized carbons (Fsp3) is 0.591. The van der Waals surface area contributed by atoms with E-state index in [0.717, 1.165) is 24.3 Å². The molecule has 0 aromatic rings. The van der Waals surface area contributed by atoms with Crippen molar-refractivity contribution in [3.8, 4) is 0 Å². The molecule has 0 bridgehead atoms. The molecular formula is C44H56O22. The van der Waals surface area contributed by atoms with Gasteiger partial charge in [0.2, 0.25) is 0 Å². The molecule has 16 atom stereocenters. The van der Waals surface area contributed by atoms with Crippen LogP contribution in [0.5, 0.6) is 0 Å².